The average Bonchev–Trinajstić information content (AvgIpc) is 3.26. The number of nitrogens with zero attached hydrogens (tertiary/aromatic N) is 2. The van der Waals surface area contributed by atoms with E-state index in [2.05, 4.69) is 5.10 Å². The van der Waals surface area contributed by atoms with E-state index in [1.54, 1.807) is 24.3 Å². The summed E-state index contributed by atoms with van der Waals surface area (Å²) in [6.45, 7) is -0.442. The minimum Gasteiger partial charge on any atom is -0.482 e. The molecule has 0 spiro atoms. The molecule has 2 aliphatic carbocycles. The van der Waals surface area contributed by atoms with Crippen LogP contribution < -0.4 is 4.74 Å². The second-order valence-corrected chi connectivity index (χ2v) is 6.49. The Labute approximate surface area is 143 Å². The van der Waals surface area contributed by atoms with Crippen LogP contribution in [0.1, 0.15) is 12.0 Å². The van der Waals surface area contributed by atoms with E-state index in [1.807, 2.05) is 12.2 Å². The van der Waals surface area contributed by atoms with Crippen molar-refractivity contribution in [1.29, 1.82) is 0 Å². The number of hydrazone groups is 1. The molecular formula is C18H16N2O5. The maximum absolute atomic E-state index is 12.5. The lowest BCUT2D eigenvalue weighted by atomic mass is 9.85. The Hall–Kier alpha value is -2.96. The molecule has 2 bridgehead atoms. The summed E-state index contributed by atoms with van der Waals surface area (Å²) in [6, 6.07) is 6.64. The number of carboxylic acids is 1. The van der Waals surface area contributed by atoms with Crippen molar-refractivity contribution in [2.45, 2.75) is 6.42 Å². The van der Waals surface area contributed by atoms with E-state index in [-0.39, 0.29) is 35.5 Å². The van der Waals surface area contributed by atoms with Crippen molar-refractivity contribution in [2.75, 3.05) is 6.61 Å². The number of carboxylic acid groups (broad SMARTS) is 1. The fraction of sp³-hybridized carbons (Fsp3) is 0.333. The van der Waals surface area contributed by atoms with Gasteiger partial charge in [0.05, 0.1) is 18.1 Å². The lowest BCUT2D eigenvalue weighted by Gasteiger charge is -2.13. The molecule has 2 fully saturated rings. The molecule has 2 amide bonds. The van der Waals surface area contributed by atoms with Crippen LogP contribution in [0, 0.1) is 23.7 Å². The first-order valence-electron chi connectivity index (χ1n) is 8.09. The summed E-state index contributed by atoms with van der Waals surface area (Å²) in [5.41, 5.74) is 0.613. The molecule has 4 atom stereocenters. The minimum atomic E-state index is -1.07. The van der Waals surface area contributed by atoms with Crippen molar-refractivity contribution in [3.05, 3.63) is 42.0 Å². The minimum absolute atomic E-state index is 0.152. The van der Waals surface area contributed by atoms with Crippen LogP contribution in [0.15, 0.2) is 41.5 Å². The Morgan fingerprint density at radius 2 is 1.92 bits per heavy atom. The molecule has 1 aromatic carbocycles. The van der Waals surface area contributed by atoms with Crippen LogP contribution in [0.2, 0.25) is 0 Å². The number of benzene rings is 1. The number of allylic oxidation sites excluding steroid dienone is 2. The highest BCUT2D eigenvalue weighted by Gasteiger charge is 2.59. The summed E-state index contributed by atoms with van der Waals surface area (Å²) in [7, 11) is 0. The Morgan fingerprint density at radius 1 is 1.24 bits per heavy atom. The van der Waals surface area contributed by atoms with Crippen LogP contribution in [-0.4, -0.2) is 40.7 Å². The number of ether oxygens (including phenoxy) is 1. The molecule has 1 saturated heterocycles. The number of rotatable bonds is 5. The Balaban J connectivity index is 1.49. The molecule has 4 rings (SSSR count). The summed E-state index contributed by atoms with van der Waals surface area (Å²) >= 11 is 0. The SMILES string of the molecule is O=C(O)COc1cccc(C=NN2C(=O)[C@@H]3[C@H](C2=O)[C@H]2C=C[C@H]3C2)c1. The quantitative estimate of drug-likeness (QED) is 0.495. The van der Waals surface area contributed by atoms with Crippen molar-refractivity contribution in [2.24, 2.45) is 28.8 Å². The van der Waals surface area contributed by atoms with Gasteiger partial charge in [-0.1, -0.05) is 24.3 Å². The second-order valence-electron chi connectivity index (χ2n) is 6.49. The van der Waals surface area contributed by atoms with Crippen LogP contribution in [0.4, 0.5) is 0 Å². The molecule has 0 aromatic heterocycles. The molecule has 1 saturated carbocycles. The third-order valence-electron chi connectivity index (χ3n) is 4.99. The lowest BCUT2D eigenvalue weighted by Crippen LogP contribution is -2.28. The number of fused-ring (bicyclic) bond motifs is 5. The number of imide groups is 1. The summed E-state index contributed by atoms with van der Waals surface area (Å²) in [4.78, 5) is 35.6. The molecule has 3 aliphatic rings. The van der Waals surface area contributed by atoms with Gasteiger partial charge in [0, 0.05) is 0 Å². The van der Waals surface area contributed by atoms with Crippen LogP contribution in [0.25, 0.3) is 0 Å². The van der Waals surface area contributed by atoms with E-state index in [9.17, 15) is 14.4 Å². The van der Waals surface area contributed by atoms with Gasteiger partial charge >= 0.3 is 5.97 Å². The molecule has 128 valence electrons. The number of hydrogen-bond donors (Lipinski definition) is 1. The summed E-state index contributed by atoms with van der Waals surface area (Å²) in [5.74, 6) is -1.40. The van der Waals surface area contributed by atoms with Crippen molar-refractivity contribution in [3.63, 3.8) is 0 Å². The predicted molar refractivity (Wildman–Crippen MR) is 86.7 cm³/mol. The molecule has 0 radical (unpaired) electrons. The largest absolute Gasteiger partial charge is 0.482 e. The smallest absolute Gasteiger partial charge is 0.341 e. The van der Waals surface area contributed by atoms with Crippen LogP contribution >= 0.6 is 0 Å². The maximum atomic E-state index is 12.5. The van der Waals surface area contributed by atoms with E-state index >= 15 is 0 Å². The Bertz CT molecular complexity index is 785. The first-order chi connectivity index (χ1) is 12.0. The molecule has 7 nitrogen and oxygen atoms in total. The summed E-state index contributed by atoms with van der Waals surface area (Å²) in [5, 5.41) is 13.7. The van der Waals surface area contributed by atoms with Gasteiger partial charge in [0.15, 0.2) is 6.61 Å². The number of carbonyl (C=O) groups is 3. The van der Waals surface area contributed by atoms with Crippen LogP contribution in [-0.2, 0) is 14.4 Å². The van der Waals surface area contributed by atoms with Crippen LogP contribution in [0.5, 0.6) is 5.75 Å². The van der Waals surface area contributed by atoms with Gasteiger partial charge in [-0.05, 0) is 36.0 Å². The first kappa shape index (κ1) is 15.6. The van der Waals surface area contributed by atoms with E-state index in [0.29, 0.717) is 11.3 Å². The molecule has 1 aromatic rings. The molecule has 7 heteroatoms. The fourth-order valence-corrected chi connectivity index (χ4v) is 3.95. The van der Waals surface area contributed by atoms with Gasteiger partial charge in [-0.3, -0.25) is 9.59 Å². The Kier molecular flexibility index (Phi) is 3.63. The molecular weight excluding hydrogens is 324 g/mol. The van der Waals surface area contributed by atoms with E-state index in [0.717, 1.165) is 11.4 Å². The third kappa shape index (κ3) is 2.61. The van der Waals surface area contributed by atoms with E-state index < -0.39 is 12.6 Å². The first-order valence-corrected chi connectivity index (χ1v) is 8.09. The maximum Gasteiger partial charge on any atom is 0.341 e. The Morgan fingerprint density at radius 3 is 2.56 bits per heavy atom. The van der Waals surface area contributed by atoms with E-state index in [4.69, 9.17) is 9.84 Å². The van der Waals surface area contributed by atoms with Crippen molar-refractivity contribution in [3.8, 4) is 5.75 Å². The summed E-state index contributed by atoms with van der Waals surface area (Å²) in [6.07, 6.45) is 6.37. The zero-order valence-electron chi connectivity index (χ0n) is 13.2. The predicted octanol–water partition coefficient (Wildman–Crippen LogP) is 1.29. The third-order valence-corrected chi connectivity index (χ3v) is 4.99. The van der Waals surface area contributed by atoms with Gasteiger partial charge in [-0.25, -0.2) is 4.79 Å². The van der Waals surface area contributed by atoms with Gasteiger partial charge in [-0.2, -0.15) is 10.1 Å². The normalized spacial score (nSPS) is 29.7. The number of amides is 2. The topological polar surface area (TPSA) is 96.3 Å². The van der Waals surface area contributed by atoms with Crippen molar-refractivity contribution < 1.29 is 24.2 Å². The molecule has 1 heterocycles. The van der Waals surface area contributed by atoms with Gasteiger partial charge < -0.3 is 9.84 Å². The molecule has 1 N–H and O–H groups in total. The number of hydrogen-bond acceptors (Lipinski definition) is 5. The second kappa shape index (κ2) is 5.84. The monoisotopic (exact) mass is 340 g/mol. The van der Waals surface area contributed by atoms with Gasteiger partial charge in [0.1, 0.15) is 5.75 Å². The highest BCUT2D eigenvalue weighted by molar-refractivity contribution is 6.06. The number of aliphatic carboxylic acids is 1. The fourth-order valence-electron chi connectivity index (χ4n) is 3.95. The molecule has 0 unspecified atom stereocenters. The average molecular weight is 340 g/mol. The lowest BCUT2D eigenvalue weighted by molar-refractivity contribution is -0.141. The highest BCUT2D eigenvalue weighted by atomic mass is 16.5. The van der Waals surface area contributed by atoms with Gasteiger partial charge in [0.25, 0.3) is 11.8 Å². The molecule has 1 aliphatic heterocycles. The van der Waals surface area contributed by atoms with Gasteiger partial charge in [0.2, 0.25) is 0 Å². The zero-order chi connectivity index (χ0) is 17.6. The van der Waals surface area contributed by atoms with Crippen molar-refractivity contribution >= 4 is 24.0 Å². The highest BCUT2D eigenvalue weighted by Crippen LogP contribution is 2.52. The van der Waals surface area contributed by atoms with Crippen LogP contribution in [0.3, 0.4) is 0 Å². The van der Waals surface area contributed by atoms with Gasteiger partial charge in [-0.15, -0.1) is 0 Å². The standard InChI is InChI=1S/C18H16N2O5/c21-14(22)9-25-13-3-1-2-10(6-13)8-19-20-17(23)15-11-4-5-12(7-11)16(15)18(20)24/h1-6,8,11-12,15-16H,7,9H2,(H,21,22)/t11-,12-,15-,16+/m0/s1. The summed E-state index contributed by atoms with van der Waals surface area (Å²) < 4.78 is 5.10. The molecule has 25 heavy (non-hydrogen) atoms. The van der Waals surface area contributed by atoms with E-state index in [1.165, 1.54) is 6.21 Å². The van der Waals surface area contributed by atoms with Crippen molar-refractivity contribution in [1.82, 2.24) is 5.01 Å². The number of carbonyl (C=O) groups excluding carboxylic acids is 2. The zero-order valence-corrected chi connectivity index (χ0v) is 13.2.